The second-order valence-electron chi connectivity index (χ2n) is 6.83. The quantitative estimate of drug-likeness (QED) is 0.905. The molecule has 0 saturated heterocycles. The lowest BCUT2D eigenvalue weighted by atomic mass is 9.93. The zero-order chi connectivity index (χ0) is 17.0. The van der Waals surface area contributed by atoms with Gasteiger partial charge in [0.05, 0.1) is 11.7 Å². The predicted molar refractivity (Wildman–Crippen MR) is 95.7 cm³/mol. The molecule has 124 valence electrons. The molecule has 0 spiro atoms. The lowest BCUT2D eigenvalue weighted by Crippen LogP contribution is -2.38. The van der Waals surface area contributed by atoms with Crippen LogP contribution in [0.2, 0.25) is 0 Å². The summed E-state index contributed by atoms with van der Waals surface area (Å²) in [5.74, 6) is 0. The van der Waals surface area contributed by atoms with E-state index in [0.29, 0.717) is 6.54 Å². The third-order valence-corrected chi connectivity index (χ3v) is 4.64. The first-order chi connectivity index (χ1) is 10.8. The van der Waals surface area contributed by atoms with E-state index in [4.69, 9.17) is 0 Å². The van der Waals surface area contributed by atoms with E-state index in [1.165, 1.54) is 0 Å². The SMILES string of the molecule is CC(NC(=O)N(C)Cc1ccccc1)c1nc(C(C)(C)C)cs1. The number of amides is 2. The number of hydrogen-bond donors (Lipinski definition) is 1. The zero-order valence-corrected chi connectivity index (χ0v) is 15.3. The van der Waals surface area contributed by atoms with Crippen molar-refractivity contribution in [3.63, 3.8) is 0 Å². The molecule has 1 heterocycles. The number of aromatic nitrogens is 1. The summed E-state index contributed by atoms with van der Waals surface area (Å²) >= 11 is 1.60. The molecular weight excluding hydrogens is 306 g/mol. The molecule has 0 aliphatic carbocycles. The number of urea groups is 1. The first-order valence-electron chi connectivity index (χ1n) is 7.79. The smallest absolute Gasteiger partial charge is 0.317 e. The maximum absolute atomic E-state index is 12.3. The summed E-state index contributed by atoms with van der Waals surface area (Å²) in [5, 5.41) is 6.03. The van der Waals surface area contributed by atoms with Crippen LogP contribution in [0.1, 0.15) is 50.0 Å². The Morgan fingerprint density at radius 3 is 2.52 bits per heavy atom. The highest BCUT2D eigenvalue weighted by molar-refractivity contribution is 7.09. The van der Waals surface area contributed by atoms with Crippen LogP contribution >= 0.6 is 11.3 Å². The topological polar surface area (TPSA) is 45.2 Å². The number of thiazole rings is 1. The summed E-state index contributed by atoms with van der Waals surface area (Å²) in [4.78, 5) is 18.7. The van der Waals surface area contributed by atoms with E-state index < -0.39 is 0 Å². The third-order valence-electron chi connectivity index (χ3n) is 3.61. The highest BCUT2D eigenvalue weighted by Crippen LogP contribution is 2.26. The van der Waals surface area contributed by atoms with Crippen molar-refractivity contribution in [2.75, 3.05) is 7.05 Å². The van der Waals surface area contributed by atoms with E-state index in [-0.39, 0.29) is 17.5 Å². The molecule has 1 N–H and O–H groups in total. The van der Waals surface area contributed by atoms with Crippen LogP contribution < -0.4 is 5.32 Å². The van der Waals surface area contributed by atoms with Crippen molar-refractivity contribution in [3.8, 4) is 0 Å². The normalized spacial score (nSPS) is 12.7. The summed E-state index contributed by atoms with van der Waals surface area (Å²) < 4.78 is 0. The van der Waals surface area contributed by atoms with Gasteiger partial charge in [-0.3, -0.25) is 0 Å². The molecule has 23 heavy (non-hydrogen) atoms. The van der Waals surface area contributed by atoms with Crippen molar-refractivity contribution in [2.24, 2.45) is 0 Å². The van der Waals surface area contributed by atoms with Crippen molar-refractivity contribution < 1.29 is 4.79 Å². The van der Waals surface area contributed by atoms with Crippen molar-refractivity contribution in [1.29, 1.82) is 0 Å². The molecule has 0 fully saturated rings. The van der Waals surface area contributed by atoms with Gasteiger partial charge in [0.15, 0.2) is 0 Å². The summed E-state index contributed by atoms with van der Waals surface area (Å²) in [6.45, 7) is 8.98. The molecule has 1 aromatic carbocycles. The van der Waals surface area contributed by atoms with Crippen LogP contribution in [-0.4, -0.2) is 23.0 Å². The summed E-state index contributed by atoms with van der Waals surface area (Å²) in [6.07, 6.45) is 0. The minimum atomic E-state index is -0.0955. The molecule has 0 aliphatic rings. The van der Waals surface area contributed by atoms with Gasteiger partial charge in [-0.15, -0.1) is 11.3 Å². The van der Waals surface area contributed by atoms with Gasteiger partial charge in [0.25, 0.3) is 0 Å². The lowest BCUT2D eigenvalue weighted by Gasteiger charge is -2.21. The fraction of sp³-hybridized carbons (Fsp3) is 0.444. The van der Waals surface area contributed by atoms with Crippen LogP contribution in [0.15, 0.2) is 35.7 Å². The lowest BCUT2D eigenvalue weighted by molar-refractivity contribution is 0.203. The maximum atomic E-state index is 12.3. The van der Waals surface area contributed by atoms with E-state index in [0.717, 1.165) is 16.3 Å². The maximum Gasteiger partial charge on any atom is 0.317 e. The molecule has 0 radical (unpaired) electrons. The van der Waals surface area contributed by atoms with E-state index in [1.54, 1.807) is 23.3 Å². The molecule has 0 bridgehead atoms. The zero-order valence-electron chi connectivity index (χ0n) is 14.5. The summed E-state index contributed by atoms with van der Waals surface area (Å²) in [7, 11) is 1.80. The highest BCUT2D eigenvalue weighted by Gasteiger charge is 2.21. The molecule has 2 amide bonds. The summed E-state index contributed by atoms with van der Waals surface area (Å²) in [5.41, 5.74) is 2.21. The van der Waals surface area contributed by atoms with Gasteiger partial charge in [0, 0.05) is 24.4 Å². The molecule has 0 aliphatic heterocycles. The molecule has 4 nitrogen and oxygen atoms in total. The van der Waals surface area contributed by atoms with Crippen LogP contribution in [0.5, 0.6) is 0 Å². The fourth-order valence-corrected chi connectivity index (χ4v) is 3.17. The fourth-order valence-electron chi connectivity index (χ4n) is 2.12. The van der Waals surface area contributed by atoms with Crippen molar-refractivity contribution in [2.45, 2.75) is 45.7 Å². The van der Waals surface area contributed by atoms with Gasteiger partial charge in [-0.05, 0) is 12.5 Å². The average Bonchev–Trinajstić information content (AvgIpc) is 2.98. The Bertz CT molecular complexity index is 646. The number of carbonyl (C=O) groups excluding carboxylic acids is 1. The molecule has 5 heteroatoms. The van der Waals surface area contributed by atoms with Gasteiger partial charge in [0.2, 0.25) is 0 Å². The highest BCUT2D eigenvalue weighted by atomic mass is 32.1. The second kappa shape index (κ2) is 7.13. The Labute approximate surface area is 142 Å². The van der Waals surface area contributed by atoms with Crippen LogP contribution in [-0.2, 0) is 12.0 Å². The van der Waals surface area contributed by atoms with Gasteiger partial charge in [-0.1, -0.05) is 51.1 Å². The number of rotatable bonds is 4. The van der Waals surface area contributed by atoms with E-state index in [1.807, 2.05) is 37.3 Å². The van der Waals surface area contributed by atoms with Crippen LogP contribution in [0, 0.1) is 0 Å². The van der Waals surface area contributed by atoms with E-state index in [9.17, 15) is 4.79 Å². The minimum absolute atomic E-state index is 0.0303. The van der Waals surface area contributed by atoms with Crippen molar-refractivity contribution in [3.05, 3.63) is 52.0 Å². The van der Waals surface area contributed by atoms with Crippen molar-refractivity contribution in [1.82, 2.24) is 15.2 Å². The van der Waals surface area contributed by atoms with E-state index in [2.05, 4.69) is 36.5 Å². The monoisotopic (exact) mass is 331 g/mol. The van der Waals surface area contributed by atoms with Gasteiger partial charge in [0.1, 0.15) is 5.01 Å². The average molecular weight is 331 g/mol. The largest absolute Gasteiger partial charge is 0.329 e. The molecule has 0 saturated carbocycles. The van der Waals surface area contributed by atoms with Crippen LogP contribution in [0.25, 0.3) is 0 Å². The van der Waals surface area contributed by atoms with Gasteiger partial charge in [-0.2, -0.15) is 0 Å². The molecule has 1 atom stereocenters. The molecule has 1 unspecified atom stereocenters. The van der Waals surface area contributed by atoms with Gasteiger partial charge in [-0.25, -0.2) is 9.78 Å². The Kier molecular flexibility index (Phi) is 5.42. The molecule has 2 aromatic rings. The van der Waals surface area contributed by atoms with Gasteiger partial charge < -0.3 is 10.2 Å². The molecular formula is C18H25N3OS. The number of hydrogen-bond acceptors (Lipinski definition) is 3. The summed E-state index contributed by atoms with van der Waals surface area (Å²) in [6, 6.07) is 9.78. The first-order valence-corrected chi connectivity index (χ1v) is 8.67. The Morgan fingerprint density at radius 2 is 1.96 bits per heavy atom. The van der Waals surface area contributed by atoms with Gasteiger partial charge >= 0.3 is 6.03 Å². The van der Waals surface area contributed by atoms with E-state index >= 15 is 0 Å². The molecule has 1 aromatic heterocycles. The Balaban J connectivity index is 1.95. The number of carbonyl (C=O) groups is 1. The number of nitrogens with one attached hydrogen (secondary N) is 1. The Morgan fingerprint density at radius 1 is 1.30 bits per heavy atom. The Hall–Kier alpha value is -1.88. The molecule has 2 rings (SSSR count). The predicted octanol–water partition coefficient (Wildman–Crippen LogP) is 4.34. The standard InChI is InChI=1S/C18H25N3OS/c1-13(16-20-15(12-23-16)18(2,3)4)19-17(22)21(5)11-14-9-7-6-8-10-14/h6-10,12-13H,11H2,1-5H3,(H,19,22). The number of benzene rings is 1. The number of nitrogens with zero attached hydrogens (tertiary/aromatic N) is 2. The second-order valence-corrected chi connectivity index (χ2v) is 7.72. The van der Waals surface area contributed by atoms with Crippen molar-refractivity contribution >= 4 is 17.4 Å². The van der Waals surface area contributed by atoms with Crippen LogP contribution in [0.3, 0.4) is 0 Å². The minimum Gasteiger partial charge on any atom is -0.329 e. The third kappa shape index (κ3) is 4.79. The van der Waals surface area contributed by atoms with Crippen LogP contribution in [0.4, 0.5) is 4.79 Å². The first kappa shape index (κ1) is 17.5.